The average molecular weight is 509 g/mol. The van der Waals surface area contributed by atoms with Crippen LogP contribution in [0.5, 0.6) is 11.5 Å². The molecule has 3 amide bonds. The van der Waals surface area contributed by atoms with Gasteiger partial charge in [0.2, 0.25) is 5.91 Å². The molecule has 0 saturated carbocycles. The van der Waals surface area contributed by atoms with Crippen LogP contribution < -0.4 is 25.5 Å². The van der Waals surface area contributed by atoms with Gasteiger partial charge in [0.05, 0.1) is 12.8 Å². The largest absolute Gasteiger partial charge is 0.490 e. The molecular formula is C26H25ClN4O5. The zero-order valence-electron chi connectivity index (χ0n) is 19.7. The lowest BCUT2D eigenvalue weighted by Gasteiger charge is -2.12. The SMILES string of the molecule is CCOc1cc(C=NNC(=O)C(=O)Nc2ccc(NC(C)=O)cc2)ccc1OCc1cccc(Cl)c1. The Hall–Kier alpha value is -4.37. The van der Waals surface area contributed by atoms with Gasteiger partial charge in [0.15, 0.2) is 11.5 Å². The topological polar surface area (TPSA) is 118 Å². The molecule has 0 aliphatic heterocycles. The fraction of sp³-hybridized carbons (Fsp3) is 0.154. The van der Waals surface area contributed by atoms with Gasteiger partial charge in [-0.1, -0.05) is 23.7 Å². The first kappa shape index (κ1) is 26.2. The van der Waals surface area contributed by atoms with E-state index in [-0.39, 0.29) is 5.91 Å². The monoisotopic (exact) mass is 508 g/mol. The van der Waals surface area contributed by atoms with Gasteiger partial charge >= 0.3 is 11.8 Å². The van der Waals surface area contributed by atoms with E-state index in [1.807, 2.05) is 25.1 Å². The van der Waals surface area contributed by atoms with Crippen molar-refractivity contribution in [1.29, 1.82) is 0 Å². The number of benzene rings is 3. The predicted molar refractivity (Wildman–Crippen MR) is 139 cm³/mol. The van der Waals surface area contributed by atoms with E-state index in [2.05, 4.69) is 21.2 Å². The Kier molecular flexibility index (Phi) is 9.41. The molecule has 0 bridgehead atoms. The molecule has 10 heteroatoms. The maximum Gasteiger partial charge on any atom is 0.329 e. The molecule has 0 radical (unpaired) electrons. The summed E-state index contributed by atoms with van der Waals surface area (Å²) in [4.78, 5) is 35.2. The van der Waals surface area contributed by atoms with E-state index in [1.54, 1.807) is 48.5 Å². The first-order valence-corrected chi connectivity index (χ1v) is 11.4. The van der Waals surface area contributed by atoms with Crippen LogP contribution in [0.3, 0.4) is 0 Å². The van der Waals surface area contributed by atoms with Crippen LogP contribution >= 0.6 is 11.6 Å². The molecular weight excluding hydrogens is 484 g/mol. The molecule has 0 fully saturated rings. The molecule has 3 aromatic rings. The first-order chi connectivity index (χ1) is 17.3. The van der Waals surface area contributed by atoms with Gasteiger partial charge in [0.1, 0.15) is 6.61 Å². The van der Waals surface area contributed by atoms with Crippen molar-refractivity contribution in [3.05, 3.63) is 82.9 Å². The Morgan fingerprint density at radius 2 is 1.61 bits per heavy atom. The van der Waals surface area contributed by atoms with Crippen molar-refractivity contribution in [2.75, 3.05) is 17.2 Å². The molecule has 3 N–H and O–H groups in total. The zero-order valence-corrected chi connectivity index (χ0v) is 20.5. The van der Waals surface area contributed by atoms with E-state index in [0.29, 0.717) is 46.7 Å². The van der Waals surface area contributed by atoms with Crippen molar-refractivity contribution in [1.82, 2.24) is 5.43 Å². The predicted octanol–water partition coefficient (Wildman–Crippen LogP) is 4.36. The molecule has 0 aliphatic carbocycles. The number of hydrazone groups is 1. The Morgan fingerprint density at radius 3 is 2.28 bits per heavy atom. The van der Waals surface area contributed by atoms with E-state index in [9.17, 15) is 14.4 Å². The summed E-state index contributed by atoms with van der Waals surface area (Å²) in [7, 11) is 0. The fourth-order valence-corrected chi connectivity index (χ4v) is 3.24. The lowest BCUT2D eigenvalue weighted by atomic mass is 10.2. The molecule has 0 aliphatic rings. The number of hydrogen-bond donors (Lipinski definition) is 3. The molecule has 36 heavy (non-hydrogen) atoms. The summed E-state index contributed by atoms with van der Waals surface area (Å²) in [5.74, 6) is -0.989. The Labute approximate surface area is 213 Å². The van der Waals surface area contributed by atoms with Crippen molar-refractivity contribution in [2.45, 2.75) is 20.5 Å². The van der Waals surface area contributed by atoms with Gasteiger partial charge in [0.25, 0.3) is 0 Å². The van der Waals surface area contributed by atoms with Gasteiger partial charge in [-0.2, -0.15) is 5.10 Å². The van der Waals surface area contributed by atoms with E-state index >= 15 is 0 Å². The summed E-state index contributed by atoms with van der Waals surface area (Å²) in [6.45, 7) is 3.99. The number of anilines is 2. The van der Waals surface area contributed by atoms with Gasteiger partial charge in [-0.05, 0) is 72.6 Å². The van der Waals surface area contributed by atoms with Crippen molar-refractivity contribution < 1.29 is 23.9 Å². The maximum atomic E-state index is 12.1. The van der Waals surface area contributed by atoms with Crippen LogP contribution in [0.25, 0.3) is 0 Å². The van der Waals surface area contributed by atoms with Crippen LogP contribution in [0.2, 0.25) is 5.02 Å². The number of amides is 3. The van der Waals surface area contributed by atoms with Gasteiger partial charge in [-0.15, -0.1) is 0 Å². The summed E-state index contributed by atoms with van der Waals surface area (Å²) >= 11 is 6.02. The van der Waals surface area contributed by atoms with Crippen LogP contribution in [0.4, 0.5) is 11.4 Å². The molecule has 0 atom stereocenters. The summed E-state index contributed by atoms with van der Waals surface area (Å²) in [5, 5.41) is 9.53. The lowest BCUT2D eigenvalue weighted by molar-refractivity contribution is -0.136. The standard InChI is InChI=1S/C26H25ClN4O5/c1-3-35-24-14-18(7-12-23(24)36-16-19-5-4-6-20(27)13-19)15-28-31-26(34)25(33)30-22-10-8-21(9-11-22)29-17(2)32/h4-15H,3,16H2,1-2H3,(H,29,32)(H,30,33)(H,31,34). The molecule has 0 heterocycles. The number of nitrogens with zero attached hydrogens (tertiary/aromatic N) is 1. The molecule has 3 rings (SSSR count). The third-order valence-electron chi connectivity index (χ3n) is 4.60. The van der Waals surface area contributed by atoms with Gasteiger partial charge in [-0.3, -0.25) is 14.4 Å². The summed E-state index contributed by atoms with van der Waals surface area (Å²) in [5.41, 5.74) is 4.69. The number of nitrogens with one attached hydrogen (secondary N) is 3. The highest BCUT2D eigenvalue weighted by molar-refractivity contribution is 6.39. The molecule has 0 spiro atoms. The summed E-state index contributed by atoms with van der Waals surface area (Å²) in [6, 6.07) is 18.9. The van der Waals surface area contributed by atoms with Crippen LogP contribution in [-0.4, -0.2) is 30.5 Å². The van der Waals surface area contributed by atoms with Crippen molar-refractivity contribution >= 4 is 46.9 Å². The van der Waals surface area contributed by atoms with Crippen molar-refractivity contribution in [3.63, 3.8) is 0 Å². The lowest BCUT2D eigenvalue weighted by Crippen LogP contribution is -2.32. The quantitative estimate of drug-likeness (QED) is 0.225. The molecule has 3 aromatic carbocycles. The molecule has 0 unspecified atom stereocenters. The summed E-state index contributed by atoms with van der Waals surface area (Å²) in [6.07, 6.45) is 1.39. The molecule has 0 aromatic heterocycles. The number of ether oxygens (including phenoxy) is 2. The van der Waals surface area contributed by atoms with Crippen molar-refractivity contribution in [2.24, 2.45) is 5.10 Å². The van der Waals surface area contributed by atoms with Crippen LogP contribution in [0, 0.1) is 0 Å². The second-order valence-electron chi connectivity index (χ2n) is 7.47. The normalized spacial score (nSPS) is 10.5. The second-order valence-corrected chi connectivity index (χ2v) is 7.91. The maximum absolute atomic E-state index is 12.1. The van der Waals surface area contributed by atoms with Gasteiger partial charge in [-0.25, -0.2) is 5.43 Å². The fourth-order valence-electron chi connectivity index (χ4n) is 3.02. The van der Waals surface area contributed by atoms with E-state index in [0.717, 1.165) is 5.56 Å². The third-order valence-corrected chi connectivity index (χ3v) is 4.84. The molecule has 9 nitrogen and oxygen atoms in total. The average Bonchev–Trinajstić information content (AvgIpc) is 2.84. The number of halogens is 1. The number of rotatable bonds is 9. The smallest absolute Gasteiger partial charge is 0.329 e. The Balaban J connectivity index is 1.56. The van der Waals surface area contributed by atoms with Crippen molar-refractivity contribution in [3.8, 4) is 11.5 Å². The minimum atomic E-state index is -0.941. The minimum absolute atomic E-state index is 0.211. The first-order valence-electron chi connectivity index (χ1n) is 11.0. The Morgan fingerprint density at radius 1 is 0.889 bits per heavy atom. The van der Waals surface area contributed by atoms with E-state index in [4.69, 9.17) is 21.1 Å². The van der Waals surface area contributed by atoms with Crippen LogP contribution in [0.1, 0.15) is 25.0 Å². The van der Waals surface area contributed by atoms with Gasteiger partial charge < -0.3 is 20.1 Å². The van der Waals surface area contributed by atoms with Crippen LogP contribution in [0.15, 0.2) is 71.8 Å². The highest BCUT2D eigenvalue weighted by atomic mass is 35.5. The molecule has 0 saturated heterocycles. The zero-order chi connectivity index (χ0) is 25.9. The Bertz CT molecular complexity index is 1260. The van der Waals surface area contributed by atoms with Crippen LogP contribution in [-0.2, 0) is 21.0 Å². The van der Waals surface area contributed by atoms with E-state index in [1.165, 1.54) is 13.1 Å². The number of carbonyl (C=O) groups excluding carboxylic acids is 3. The minimum Gasteiger partial charge on any atom is -0.490 e. The van der Waals surface area contributed by atoms with E-state index < -0.39 is 11.8 Å². The molecule has 186 valence electrons. The van der Waals surface area contributed by atoms with Gasteiger partial charge in [0, 0.05) is 23.3 Å². The highest BCUT2D eigenvalue weighted by Gasteiger charge is 2.13. The summed E-state index contributed by atoms with van der Waals surface area (Å²) < 4.78 is 11.5. The highest BCUT2D eigenvalue weighted by Crippen LogP contribution is 2.29. The second kappa shape index (κ2) is 12.9. The number of carbonyl (C=O) groups is 3. The number of hydrogen-bond acceptors (Lipinski definition) is 6. The third kappa shape index (κ3) is 8.14.